The van der Waals surface area contributed by atoms with Crippen molar-refractivity contribution < 1.29 is 9.53 Å². The minimum Gasteiger partial charge on any atom is -0.457 e. The summed E-state index contributed by atoms with van der Waals surface area (Å²) in [5.41, 5.74) is 8.90. The molecule has 4 aromatic rings. The molecular weight excluding hydrogens is 418 g/mol. The van der Waals surface area contributed by atoms with Crippen molar-refractivity contribution in [1.29, 1.82) is 0 Å². The highest BCUT2D eigenvalue weighted by molar-refractivity contribution is 6.30. The van der Waals surface area contributed by atoms with Crippen molar-refractivity contribution in [2.24, 2.45) is 5.73 Å². The molecule has 2 atom stereocenters. The van der Waals surface area contributed by atoms with Crippen LogP contribution in [0.15, 0.2) is 109 Å². The Morgan fingerprint density at radius 1 is 0.750 bits per heavy atom. The number of hydrogen-bond donors (Lipinski definition) is 1. The van der Waals surface area contributed by atoms with E-state index in [1.807, 2.05) is 91.0 Å². The van der Waals surface area contributed by atoms with E-state index in [2.05, 4.69) is 12.1 Å². The van der Waals surface area contributed by atoms with Gasteiger partial charge < -0.3 is 10.5 Å². The number of para-hydroxylation sites is 1. The van der Waals surface area contributed by atoms with E-state index in [1.165, 1.54) is 0 Å². The molecule has 0 spiro atoms. The van der Waals surface area contributed by atoms with Crippen LogP contribution in [0, 0.1) is 0 Å². The van der Waals surface area contributed by atoms with E-state index in [0.29, 0.717) is 11.4 Å². The predicted octanol–water partition coefficient (Wildman–Crippen LogP) is 6.73. The first-order valence-electron chi connectivity index (χ1n) is 10.5. The zero-order chi connectivity index (χ0) is 22.3. The Balaban J connectivity index is 1.69. The van der Waals surface area contributed by atoms with Crippen LogP contribution < -0.4 is 10.5 Å². The number of hydrogen-bond acceptors (Lipinski definition) is 2. The van der Waals surface area contributed by atoms with Crippen molar-refractivity contribution in [3.8, 4) is 11.5 Å². The lowest BCUT2D eigenvalue weighted by Crippen LogP contribution is -2.28. The Hall–Kier alpha value is -3.56. The van der Waals surface area contributed by atoms with E-state index in [1.54, 1.807) is 6.07 Å². The lowest BCUT2D eigenvalue weighted by molar-refractivity contribution is -0.120. The summed E-state index contributed by atoms with van der Waals surface area (Å²) < 4.78 is 5.93. The molecule has 2 N–H and O–H groups in total. The Kier molecular flexibility index (Phi) is 6.88. The molecule has 4 heteroatoms. The van der Waals surface area contributed by atoms with Crippen LogP contribution >= 0.6 is 11.6 Å². The van der Waals surface area contributed by atoms with E-state index in [4.69, 9.17) is 22.1 Å². The normalized spacial score (nSPS) is 12.7. The van der Waals surface area contributed by atoms with Gasteiger partial charge in [0.25, 0.3) is 0 Å². The molecule has 0 aromatic heterocycles. The molecule has 0 heterocycles. The van der Waals surface area contributed by atoms with Gasteiger partial charge in [-0.15, -0.1) is 0 Å². The van der Waals surface area contributed by atoms with E-state index >= 15 is 0 Å². The fraction of sp³-hybridized carbons (Fsp3) is 0.107. The van der Waals surface area contributed by atoms with Gasteiger partial charge in [-0.25, -0.2) is 0 Å². The highest BCUT2D eigenvalue weighted by Gasteiger charge is 2.30. The number of primary amides is 1. The van der Waals surface area contributed by atoms with Gasteiger partial charge in [-0.1, -0.05) is 84.4 Å². The lowest BCUT2D eigenvalue weighted by Gasteiger charge is -2.26. The third-order valence-corrected chi connectivity index (χ3v) is 5.74. The SMILES string of the molecule is NC(=O)C(c1cccc(Cl)c1)C(Cc1ccccc1)c1ccc(Oc2ccccc2)cc1. The van der Waals surface area contributed by atoms with Crippen LogP contribution in [0.5, 0.6) is 11.5 Å². The first-order chi connectivity index (χ1) is 15.6. The number of carbonyl (C=O) groups is 1. The van der Waals surface area contributed by atoms with Crippen molar-refractivity contribution in [1.82, 2.24) is 0 Å². The maximum atomic E-state index is 12.7. The maximum Gasteiger partial charge on any atom is 0.225 e. The topological polar surface area (TPSA) is 52.3 Å². The summed E-state index contributed by atoms with van der Waals surface area (Å²) in [6.07, 6.45) is 0.667. The smallest absolute Gasteiger partial charge is 0.225 e. The van der Waals surface area contributed by atoms with E-state index in [-0.39, 0.29) is 11.8 Å². The summed E-state index contributed by atoms with van der Waals surface area (Å²) in [5.74, 6) is 0.457. The second kappa shape index (κ2) is 10.2. The molecular formula is C28H24ClNO2. The fourth-order valence-electron chi connectivity index (χ4n) is 4.00. The Bertz CT molecular complexity index is 1160. The molecule has 0 aliphatic rings. The second-order valence-electron chi connectivity index (χ2n) is 7.72. The Morgan fingerprint density at radius 3 is 2.00 bits per heavy atom. The fourth-order valence-corrected chi connectivity index (χ4v) is 4.20. The van der Waals surface area contributed by atoms with Gasteiger partial charge in [0.15, 0.2) is 0 Å². The van der Waals surface area contributed by atoms with Crippen LogP contribution in [0.1, 0.15) is 28.5 Å². The van der Waals surface area contributed by atoms with Crippen LogP contribution in [0.2, 0.25) is 5.02 Å². The van der Waals surface area contributed by atoms with Crippen LogP contribution in [-0.4, -0.2) is 5.91 Å². The standard InChI is InChI=1S/C28H24ClNO2/c29-23-11-7-10-22(19-23)27(28(30)31)26(18-20-8-3-1-4-9-20)21-14-16-25(17-15-21)32-24-12-5-2-6-13-24/h1-17,19,26-27H,18H2,(H2,30,31). The van der Waals surface area contributed by atoms with Crippen molar-refractivity contribution in [3.05, 3.63) is 131 Å². The zero-order valence-corrected chi connectivity index (χ0v) is 18.3. The molecule has 32 heavy (non-hydrogen) atoms. The summed E-state index contributed by atoms with van der Waals surface area (Å²) in [4.78, 5) is 12.7. The Labute approximate surface area is 193 Å². The predicted molar refractivity (Wildman–Crippen MR) is 129 cm³/mol. The van der Waals surface area contributed by atoms with E-state index in [9.17, 15) is 4.79 Å². The molecule has 2 unspecified atom stereocenters. The summed E-state index contributed by atoms with van der Waals surface area (Å²) in [5, 5.41) is 0.582. The van der Waals surface area contributed by atoms with Crippen LogP contribution in [0.25, 0.3) is 0 Å². The molecule has 0 fully saturated rings. The molecule has 1 amide bonds. The first kappa shape index (κ1) is 21.7. The number of benzene rings is 4. The van der Waals surface area contributed by atoms with Gasteiger partial charge in [0.1, 0.15) is 11.5 Å². The van der Waals surface area contributed by atoms with Crippen molar-refractivity contribution in [2.45, 2.75) is 18.3 Å². The first-order valence-corrected chi connectivity index (χ1v) is 10.9. The highest BCUT2D eigenvalue weighted by atomic mass is 35.5. The molecule has 0 aliphatic heterocycles. The molecule has 0 bridgehead atoms. The second-order valence-corrected chi connectivity index (χ2v) is 8.15. The van der Waals surface area contributed by atoms with Crippen LogP contribution in [-0.2, 0) is 11.2 Å². The van der Waals surface area contributed by atoms with Crippen LogP contribution in [0.4, 0.5) is 0 Å². The molecule has 3 nitrogen and oxygen atoms in total. The number of carbonyl (C=O) groups excluding carboxylic acids is 1. The summed E-state index contributed by atoms with van der Waals surface area (Å²) >= 11 is 6.23. The maximum absolute atomic E-state index is 12.7. The average Bonchev–Trinajstić information content (AvgIpc) is 2.80. The lowest BCUT2D eigenvalue weighted by atomic mass is 9.77. The highest BCUT2D eigenvalue weighted by Crippen LogP contribution is 2.37. The summed E-state index contributed by atoms with van der Waals surface area (Å²) in [7, 11) is 0. The minimum absolute atomic E-state index is 0.154. The van der Waals surface area contributed by atoms with Gasteiger partial charge in [-0.2, -0.15) is 0 Å². The molecule has 160 valence electrons. The van der Waals surface area contributed by atoms with Gasteiger partial charge in [0.05, 0.1) is 5.92 Å². The molecule has 4 aromatic carbocycles. The number of nitrogens with two attached hydrogens (primary N) is 1. The molecule has 0 saturated heterocycles. The minimum atomic E-state index is -0.519. The third-order valence-electron chi connectivity index (χ3n) is 5.50. The number of rotatable bonds is 8. The number of amides is 1. The molecule has 0 aliphatic carbocycles. The Morgan fingerprint density at radius 2 is 1.38 bits per heavy atom. The van der Waals surface area contributed by atoms with Crippen molar-refractivity contribution in [2.75, 3.05) is 0 Å². The molecule has 4 rings (SSSR count). The summed E-state index contributed by atoms with van der Waals surface area (Å²) in [6, 6.07) is 35.0. The summed E-state index contributed by atoms with van der Waals surface area (Å²) in [6.45, 7) is 0. The number of halogens is 1. The van der Waals surface area contributed by atoms with Gasteiger partial charge in [-0.3, -0.25) is 4.79 Å². The molecule has 0 radical (unpaired) electrons. The van der Waals surface area contributed by atoms with E-state index in [0.717, 1.165) is 28.2 Å². The van der Waals surface area contributed by atoms with Crippen molar-refractivity contribution in [3.63, 3.8) is 0 Å². The average molecular weight is 442 g/mol. The van der Waals surface area contributed by atoms with Gasteiger partial charge >= 0.3 is 0 Å². The van der Waals surface area contributed by atoms with Gasteiger partial charge in [0.2, 0.25) is 5.91 Å². The van der Waals surface area contributed by atoms with Gasteiger partial charge in [0, 0.05) is 10.9 Å². The van der Waals surface area contributed by atoms with Crippen LogP contribution in [0.3, 0.4) is 0 Å². The molecule has 0 saturated carbocycles. The number of ether oxygens (including phenoxy) is 1. The van der Waals surface area contributed by atoms with E-state index < -0.39 is 5.92 Å². The zero-order valence-electron chi connectivity index (χ0n) is 17.5. The van der Waals surface area contributed by atoms with Gasteiger partial charge in [-0.05, 0) is 59.5 Å². The van der Waals surface area contributed by atoms with Crippen molar-refractivity contribution >= 4 is 17.5 Å². The third kappa shape index (κ3) is 5.37. The monoisotopic (exact) mass is 441 g/mol. The largest absolute Gasteiger partial charge is 0.457 e. The quantitative estimate of drug-likeness (QED) is 0.329.